The molecule has 0 spiro atoms. The van der Waals surface area contributed by atoms with Gasteiger partial charge in [0.05, 0.1) is 0 Å². The quantitative estimate of drug-likeness (QED) is 0.765. The average molecular weight is 200 g/mol. The van der Waals surface area contributed by atoms with Crippen LogP contribution in [0.1, 0.15) is 12.0 Å². The lowest BCUT2D eigenvalue weighted by Gasteiger charge is -2.09. The van der Waals surface area contributed by atoms with Crippen LogP contribution in [0.2, 0.25) is 0 Å². The van der Waals surface area contributed by atoms with E-state index in [2.05, 4.69) is 34.6 Å². The molecule has 0 radical (unpaired) electrons. The Morgan fingerprint density at radius 2 is 2.27 bits per heavy atom. The van der Waals surface area contributed by atoms with E-state index >= 15 is 0 Å². The monoisotopic (exact) mass is 200 g/mol. The van der Waals surface area contributed by atoms with E-state index < -0.39 is 0 Å². The van der Waals surface area contributed by atoms with E-state index in [9.17, 15) is 0 Å². The summed E-state index contributed by atoms with van der Waals surface area (Å²) in [6.07, 6.45) is 4.54. The number of aromatic nitrogens is 1. The highest BCUT2D eigenvalue weighted by molar-refractivity contribution is 5.82. The molecule has 2 heteroatoms. The standard InChI is InChI=1S/C13H16N2/c1-2-11-5-7-15-13(11)12(3-1)8-10-4-6-14-9-10/h1-3,5,7,10,14-15H,4,6,8-9H2. The van der Waals surface area contributed by atoms with Gasteiger partial charge >= 0.3 is 0 Å². The van der Waals surface area contributed by atoms with E-state index in [0.29, 0.717) is 0 Å². The number of fused-ring (bicyclic) bond motifs is 1. The number of nitrogens with one attached hydrogen (secondary N) is 2. The lowest BCUT2D eigenvalue weighted by molar-refractivity contribution is 0.582. The lowest BCUT2D eigenvalue weighted by atomic mass is 9.97. The molecule has 3 rings (SSSR count). The van der Waals surface area contributed by atoms with Crippen LogP contribution in [-0.4, -0.2) is 18.1 Å². The Morgan fingerprint density at radius 1 is 1.27 bits per heavy atom. The Morgan fingerprint density at radius 3 is 3.13 bits per heavy atom. The van der Waals surface area contributed by atoms with Crippen molar-refractivity contribution in [3.63, 3.8) is 0 Å². The van der Waals surface area contributed by atoms with Crippen molar-refractivity contribution in [2.75, 3.05) is 13.1 Å². The van der Waals surface area contributed by atoms with Crippen LogP contribution in [0.4, 0.5) is 0 Å². The van der Waals surface area contributed by atoms with E-state index in [1.807, 2.05) is 6.20 Å². The summed E-state index contributed by atoms with van der Waals surface area (Å²) in [6.45, 7) is 2.36. The fourth-order valence-electron chi connectivity index (χ4n) is 2.52. The number of benzene rings is 1. The Labute approximate surface area is 89.7 Å². The third-order valence-electron chi connectivity index (χ3n) is 3.34. The highest BCUT2D eigenvalue weighted by Gasteiger charge is 2.15. The van der Waals surface area contributed by atoms with Crippen molar-refractivity contribution in [1.82, 2.24) is 10.3 Å². The first-order chi connectivity index (χ1) is 7.43. The van der Waals surface area contributed by atoms with Crippen molar-refractivity contribution < 1.29 is 0 Å². The van der Waals surface area contributed by atoms with Crippen LogP contribution in [0, 0.1) is 5.92 Å². The van der Waals surface area contributed by atoms with Crippen LogP contribution < -0.4 is 5.32 Å². The second kappa shape index (κ2) is 3.70. The molecule has 2 N–H and O–H groups in total. The summed E-state index contributed by atoms with van der Waals surface area (Å²) in [5.74, 6) is 0.818. The molecule has 0 aliphatic carbocycles. The van der Waals surface area contributed by atoms with Gasteiger partial charge < -0.3 is 10.3 Å². The Bertz CT molecular complexity index is 452. The van der Waals surface area contributed by atoms with Crippen LogP contribution >= 0.6 is 0 Å². The summed E-state index contributed by atoms with van der Waals surface area (Å²) in [4.78, 5) is 3.34. The number of aromatic amines is 1. The van der Waals surface area contributed by atoms with E-state index in [1.165, 1.54) is 42.4 Å². The molecule has 0 bridgehead atoms. The molecule has 1 unspecified atom stereocenters. The smallest absolute Gasteiger partial charge is 0.0486 e. The van der Waals surface area contributed by atoms with Crippen molar-refractivity contribution in [1.29, 1.82) is 0 Å². The molecule has 0 saturated carbocycles. The maximum Gasteiger partial charge on any atom is 0.0486 e. The summed E-state index contributed by atoms with van der Waals surface area (Å²) in [5, 5.41) is 4.76. The highest BCUT2D eigenvalue weighted by Crippen LogP contribution is 2.22. The zero-order valence-corrected chi connectivity index (χ0v) is 8.79. The van der Waals surface area contributed by atoms with Gasteiger partial charge in [-0.3, -0.25) is 0 Å². The summed E-state index contributed by atoms with van der Waals surface area (Å²) in [7, 11) is 0. The molecule has 1 aliphatic heterocycles. The predicted molar refractivity (Wildman–Crippen MR) is 63.0 cm³/mol. The maximum atomic E-state index is 3.42. The van der Waals surface area contributed by atoms with Crippen molar-refractivity contribution in [3.8, 4) is 0 Å². The largest absolute Gasteiger partial charge is 0.361 e. The molecule has 2 heterocycles. The van der Waals surface area contributed by atoms with E-state index in [4.69, 9.17) is 0 Å². The minimum Gasteiger partial charge on any atom is -0.361 e. The first kappa shape index (κ1) is 8.98. The number of hydrogen-bond donors (Lipinski definition) is 2. The highest BCUT2D eigenvalue weighted by atomic mass is 14.9. The molecule has 1 fully saturated rings. The zero-order valence-electron chi connectivity index (χ0n) is 8.79. The van der Waals surface area contributed by atoms with Gasteiger partial charge in [-0.2, -0.15) is 0 Å². The van der Waals surface area contributed by atoms with Crippen LogP contribution in [-0.2, 0) is 6.42 Å². The van der Waals surface area contributed by atoms with Crippen LogP contribution in [0.25, 0.3) is 10.9 Å². The minimum atomic E-state index is 0.818. The van der Waals surface area contributed by atoms with Gasteiger partial charge in [-0.15, -0.1) is 0 Å². The van der Waals surface area contributed by atoms with E-state index in [0.717, 1.165) is 5.92 Å². The van der Waals surface area contributed by atoms with Gasteiger partial charge in [-0.25, -0.2) is 0 Å². The second-order valence-electron chi connectivity index (χ2n) is 4.42. The summed E-state index contributed by atoms with van der Waals surface area (Å²) in [5.41, 5.74) is 2.79. The van der Waals surface area contributed by atoms with Gasteiger partial charge in [0.1, 0.15) is 0 Å². The van der Waals surface area contributed by atoms with Crippen LogP contribution in [0.15, 0.2) is 30.5 Å². The molecular weight excluding hydrogens is 184 g/mol. The van der Waals surface area contributed by atoms with Crippen LogP contribution in [0.5, 0.6) is 0 Å². The van der Waals surface area contributed by atoms with E-state index in [-0.39, 0.29) is 0 Å². The fourth-order valence-corrected chi connectivity index (χ4v) is 2.52. The third-order valence-corrected chi connectivity index (χ3v) is 3.34. The first-order valence-corrected chi connectivity index (χ1v) is 5.69. The molecule has 0 amide bonds. The fraction of sp³-hybridized carbons (Fsp3) is 0.385. The molecule has 2 nitrogen and oxygen atoms in total. The zero-order chi connectivity index (χ0) is 10.1. The van der Waals surface area contributed by atoms with Gasteiger partial charge in [0.2, 0.25) is 0 Å². The topological polar surface area (TPSA) is 27.8 Å². The number of hydrogen-bond acceptors (Lipinski definition) is 1. The second-order valence-corrected chi connectivity index (χ2v) is 4.42. The Hall–Kier alpha value is -1.28. The molecular formula is C13H16N2. The SMILES string of the molecule is c1cc(CC2CCNC2)c2[nH]ccc2c1. The molecule has 1 saturated heterocycles. The summed E-state index contributed by atoms with van der Waals surface area (Å²) < 4.78 is 0. The molecule has 2 aromatic rings. The third kappa shape index (κ3) is 1.65. The predicted octanol–water partition coefficient (Wildman–Crippen LogP) is 2.32. The average Bonchev–Trinajstić information content (AvgIpc) is 2.87. The first-order valence-electron chi connectivity index (χ1n) is 5.69. The van der Waals surface area contributed by atoms with Gasteiger partial charge in [-0.05, 0) is 48.9 Å². The van der Waals surface area contributed by atoms with Crippen molar-refractivity contribution in [2.24, 2.45) is 5.92 Å². The number of para-hydroxylation sites is 1. The number of H-pyrrole nitrogens is 1. The van der Waals surface area contributed by atoms with Crippen molar-refractivity contribution in [3.05, 3.63) is 36.0 Å². The number of rotatable bonds is 2. The Kier molecular flexibility index (Phi) is 2.22. The van der Waals surface area contributed by atoms with E-state index in [1.54, 1.807) is 0 Å². The summed E-state index contributed by atoms with van der Waals surface area (Å²) >= 11 is 0. The van der Waals surface area contributed by atoms with Gasteiger partial charge in [-0.1, -0.05) is 18.2 Å². The normalized spacial score (nSPS) is 21.2. The minimum absolute atomic E-state index is 0.818. The van der Waals surface area contributed by atoms with Crippen LogP contribution in [0.3, 0.4) is 0 Å². The van der Waals surface area contributed by atoms with Crippen molar-refractivity contribution in [2.45, 2.75) is 12.8 Å². The summed E-state index contributed by atoms with van der Waals surface area (Å²) in [6, 6.07) is 8.72. The van der Waals surface area contributed by atoms with Gasteiger partial charge in [0.15, 0.2) is 0 Å². The molecule has 15 heavy (non-hydrogen) atoms. The molecule has 1 atom stereocenters. The van der Waals surface area contributed by atoms with Crippen molar-refractivity contribution >= 4 is 10.9 Å². The Balaban J connectivity index is 1.92. The molecule has 1 aromatic carbocycles. The van der Waals surface area contributed by atoms with Gasteiger partial charge in [0, 0.05) is 11.7 Å². The maximum absolute atomic E-state index is 3.42. The van der Waals surface area contributed by atoms with Gasteiger partial charge in [0.25, 0.3) is 0 Å². The molecule has 1 aliphatic rings. The lowest BCUT2D eigenvalue weighted by Crippen LogP contribution is -2.10. The molecule has 78 valence electrons. The molecule has 1 aromatic heterocycles.